The zero-order chi connectivity index (χ0) is 35.0. The predicted molar refractivity (Wildman–Crippen MR) is 227 cm³/mol. The highest BCUT2D eigenvalue weighted by Crippen LogP contribution is 2.49. The van der Waals surface area contributed by atoms with Crippen LogP contribution in [0.15, 0.2) is 121 Å². The molecule has 2 fully saturated rings. The van der Waals surface area contributed by atoms with Gasteiger partial charge in [0.15, 0.2) is 0 Å². The first-order valence-electron chi connectivity index (χ1n) is 20.7. The molecule has 0 amide bonds. The van der Waals surface area contributed by atoms with E-state index in [0.29, 0.717) is 11.8 Å². The Hall–Kier alpha value is -4.42. The fourth-order valence-electron chi connectivity index (χ4n) is 10.7. The van der Waals surface area contributed by atoms with Crippen LogP contribution in [0.4, 0.5) is 0 Å². The van der Waals surface area contributed by atoms with E-state index in [-0.39, 0.29) is 0 Å². The molecule has 0 bridgehead atoms. The minimum Gasteiger partial charge on any atom is -0.0654 e. The molecule has 2 aliphatic carbocycles. The standard InChI is InChI=1S/C52H54/c1-3-12-35-22-26-37(27-23-35)39-30-31-47(49(33-39)38-28-24-36(13-4-2)25-29-38)46-20-11-21-48-50(46)34-42-16-7-10-19-45(42)52(48)51-43-17-8-5-14-40(43)32-41-15-6-9-18-44(41)51/h5-11,14-21,30-38H,3-4,12-13,22-29H2,1-2H3. The van der Waals surface area contributed by atoms with E-state index in [2.05, 4.69) is 135 Å². The highest BCUT2D eigenvalue weighted by atomic mass is 14.3. The van der Waals surface area contributed by atoms with Gasteiger partial charge in [-0.3, -0.25) is 0 Å². The Labute approximate surface area is 311 Å². The van der Waals surface area contributed by atoms with Gasteiger partial charge in [0.1, 0.15) is 0 Å². The summed E-state index contributed by atoms with van der Waals surface area (Å²) in [4.78, 5) is 0. The number of hydrogen-bond acceptors (Lipinski definition) is 0. The van der Waals surface area contributed by atoms with Crippen molar-refractivity contribution in [2.45, 2.75) is 103 Å². The summed E-state index contributed by atoms with van der Waals surface area (Å²) in [6.45, 7) is 4.72. The molecule has 0 radical (unpaired) electrons. The molecule has 0 aliphatic heterocycles. The molecule has 262 valence electrons. The lowest BCUT2D eigenvalue weighted by atomic mass is 9.73. The zero-order valence-electron chi connectivity index (χ0n) is 31.3. The van der Waals surface area contributed by atoms with Crippen LogP contribution in [0, 0.1) is 11.8 Å². The van der Waals surface area contributed by atoms with E-state index in [1.54, 1.807) is 11.1 Å². The number of hydrogen-bond donors (Lipinski definition) is 0. The first kappa shape index (κ1) is 33.4. The van der Waals surface area contributed by atoms with Crippen molar-refractivity contribution in [3.8, 4) is 22.3 Å². The molecule has 0 heterocycles. The van der Waals surface area contributed by atoms with Crippen LogP contribution in [0.5, 0.6) is 0 Å². The topological polar surface area (TPSA) is 0 Å². The smallest absolute Gasteiger partial charge is 0.00141 e. The fourth-order valence-corrected chi connectivity index (χ4v) is 10.7. The molecular weight excluding hydrogens is 625 g/mol. The average Bonchev–Trinajstić information content (AvgIpc) is 3.20. The highest BCUT2D eigenvalue weighted by Gasteiger charge is 2.28. The minimum atomic E-state index is 0.636. The van der Waals surface area contributed by atoms with Gasteiger partial charge in [-0.1, -0.05) is 149 Å². The van der Waals surface area contributed by atoms with Crippen LogP contribution in [0.3, 0.4) is 0 Å². The molecule has 7 aromatic carbocycles. The van der Waals surface area contributed by atoms with Gasteiger partial charge in [-0.05, 0) is 164 Å². The molecule has 9 rings (SSSR count). The number of benzene rings is 7. The first-order valence-corrected chi connectivity index (χ1v) is 20.7. The Balaban J connectivity index is 1.25. The summed E-state index contributed by atoms with van der Waals surface area (Å²) in [5, 5.41) is 10.6. The summed E-state index contributed by atoms with van der Waals surface area (Å²) in [5.74, 6) is 3.19. The monoisotopic (exact) mass is 678 g/mol. The molecule has 0 unspecified atom stereocenters. The molecule has 0 heteroatoms. The van der Waals surface area contributed by atoms with E-state index in [1.165, 1.54) is 142 Å². The van der Waals surface area contributed by atoms with Crippen molar-refractivity contribution in [2.24, 2.45) is 11.8 Å². The van der Waals surface area contributed by atoms with Gasteiger partial charge >= 0.3 is 0 Å². The van der Waals surface area contributed by atoms with Crippen LogP contribution in [0.2, 0.25) is 0 Å². The first-order chi connectivity index (χ1) is 25.7. The van der Waals surface area contributed by atoms with Gasteiger partial charge in [0.05, 0.1) is 0 Å². The van der Waals surface area contributed by atoms with Crippen LogP contribution in [-0.2, 0) is 0 Å². The summed E-state index contributed by atoms with van der Waals surface area (Å²) in [6, 6.07) is 46.9. The predicted octanol–water partition coefficient (Wildman–Crippen LogP) is 15.8. The number of rotatable bonds is 8. The molecule has 7 aromatic rings. The van der Waals surface area contributed by atoms with Gasteiger partial charge in [0, 0.05) is 0 Å². The van der Waals surface area contributed by atoms with Crippen molar-refractivity contribution in [1.82, 2.24) is 0 Å². The van der Waals surface area contributed by atoms with Gasteiger partial charge < -0.3 is 0 Å². The summed E-state index contributed by atoms with van der Waals surface area (Å²) in [7, 11) is 0. The molecule has 0 spiro atoms. The Morgan fingerprint density at radius 1 is 0.404 bits per heavy atom. The quantitative estimate of drug-likeness (QED) is 0.140. The van der Waals surface area contributed by atoms with E-state index in [0.717, 1.165) is 11.8 Å². The Bertz CT molecular complexity index is 2310. The second-order valence-corrected chi connectivity index (χ2v) is 16.4. The molecular formula is C52H54. The third kappa shape index (κ3) is 6.13. The summed E-state index contributed by atoms with van der Waals surface area (Å²) in [5.41, 5.74) is 8.83. The molecule has 0 nitrogen and oxygen atoms in total. The van der Waals surface area contributed by atoms with E-state index in [4.69, 9.17) is 0 Å². The lowest BCUT2D eigenvalue weighted by Crippen LogP contribution is -2.16. The van der Waals surface area contributed by atoms with E-state index >= 15 is 0 Å². The Kier molecular flexibility index (Phi) is 9.34. The molecule has 0 aromatic heterocycles. The summed E-state index contributed by atoms with van der Waals surface area (Å²) < 4.78 is 0. The van der Waals surface area contributed by atoms with Crippen molar-refractivity contribution in [3.05, 3.63) is 132 Å². The van der Waals surface area contributed by atoms with Crippen molar-refractivity contribution < 1.29 is 0 Å². The molecule has 52 heavy (non-hydrogen) atoms. The average molecular weight is 679 g/mol. The third-order valence-electron chi connectivity index (χ3n) is 13.3. The van der Waals surface area contributed by atoms with Crippen molar-refractivity contribution >= 4 is 43.1 Å². The van der Waals surface area contributed by atoms with Crippen LogP contribution in [0.25, 0.3) is 65.3 Å². The molecule has 0 saturated heterocycles. The van der Waals surface area contributed by atoms with Gasteiger partial charge in [-0.2, -0.15) is 0 Å². The van der Waals surface area contributed by atoms with Crippen LogP contribution in [-0.4, -0.2) is 0 Å². The third-order valence-corrected chi connectivity index (χ3v) is 13.3. The lowest BCUT2D eigenvalue weighted by molar-refractivity contribution is 0.305. The molecule has 2 saturated carbocycles. The lowest BCUT2D eigenvalue weighted by Gasteiger charge is -2.32. The maximum atomic E-state index is 2.71. The second-order valence-electron chi connectivity index (χ2n) is 16.4. The zero-order valence-corrected chi connectivity index (χ0v) is 31.3. The molecule has 2 aliphatic rings. The van der Waals surface area contributed by atoms with E-state index in [9.17, 15) is 0 Å². The SMILES string of the molecule is CCCC1CCC(c2ccc(-c3cccc4c(-c5c6ccccc6cc6ccccc56)c5ccccc5cc34)c(C3CCC(CCC)CC3)c2)CC1. The number of fused-ring (bicyclic) bond motifs is 4. The largest absolute Gasteiger partial charge is 0.0654 e. The Morgan fingerprint density at radius 2 is 0.904 bits per heavy atom. The Morgan fingerprint density at radius 3 is 1.48 bits per heavy atom. The summed E-state index contributed by atoms with van der Waals surface area (Å²) in [6.07, 6.45) is 16.4. The van der Waals surface area contributed by atoms with Gasteiger partial charge in [0.25, 0.3) is 0 Å². The van der Waals surface area contributed by atoms with Crippen LogP contribution in [0.1, 0.15) is 114 Å². The van der Waals surface area contributed by atoms with Gasteiger partial charge in [-0.25, -0.2) is 0 Å². The minimum absolute atomic E-state index is 0.636. The van der Waals surface area contributed by atoms with Crippen molar-refractivity contribution in [3.63, 3.8) is 0 Å². The summed E-state index contributed by atoms with van der Waals surface area (Å²) >= 11 is 0. The van der Waals surface area contributed by atoms with Crippen molar-refractivity contribution in [1.29, 1.82) is 0 Å². The van der Waals surface area contributed by atoms with Crippen molar-refractivity contribution in [2.75, 3.05) is 0 Å². The van der Waals surface area contributed by atoms with Crippen LogP contribution < -0.4 is 0 Å². The maximum Gasteiger partial charge on any atom is -0.00141 e. The fraction of sp³-hybridized carbons (Fsp3) is 0.346. The second kappa shape index (κ2) is 14.5. The normalized spacial score (nSPS) is 21.0. The maximum absolute atomic E-state index is 2.71. The van der Waals surface area contributed by atoms with Gasteiger partial charge in [0.2, 0.25) is 0 Å². The van der Waals surface area contributed by atoms with Crippen LogP contribution >= 0.6 is 0 Å². The van der Waals surface area contributed by atoms with E-state index < -0.39 is 0 Å². The molecule has 0 atom stereocenters. The van der Waals surface area contributed by atoms with Gasteiger partial charge in [-0.15, -0.1) is 0 Å². The van der Waals surface area contributed by atoms with E-state index in [1.807, 2.05) is 0 Å². The highest BCUT2D eigenvalue weighted by molar-refractivity contribution is 6.24. The molecule has 0 N–H and O–H groups in total.